The Hall–Kier alpha value is -3.48. The van der Waals surface area contributed by atoms with E-state index >= 15 is 0 Å². The van der Waals surface area contributed by atoms with Crippen LogP contribution in [0.15, 0.2) is 65.7 Å². The first-order valence-corrected chi connectivity index (χ1v) is 9.94. The van der Waals surface area contributed by atoms with Gasteiger partial charge in [-0.2, -0.15) is 10.2 Å². The molecule has 0 saturated carbocycles. The lowest BCUT2D eigenvalue weighted by Crippen LogP contribution is -2.12. The lowest BCUT2D eigenvalue weighted by Gasteiger charge is -2.09. The number of aromatic nitrogens is 2. The van der Waals surface area contributed by atoms with Crippen molar-refractivity contribution in [3.8, 4) is 6.07 Å². The number of primary sulfonamides is 1. The Labute approximate surface area is 163 Å². The highest BCUT2D eigenvalue weighted by Gasteiger charge is 2.07. The Balaban J connectivity index is 1.58. The van der Waals surface area contributed by atoms with Gasteiger partial charge < -0.3 is 10.6 Å². The molecule has 1 aromatic heterocycles. The van der Waals surface area contributed by atoms with E-state index in [4.69, 9.17) is 10.4 Å². The van der Waals surface area contributed by atoms with Crippen LogP contribution in [0.25, 0.3) is 0 Å². The van der Waals surface area contributed by atoms with Crippen LogP contribution in [0.4, 0.5) is 17.5 Å². The summed E-state index contributed by atoms with van der Waals surface area (Å²) in [5, 5.41) is 20.3. The minimum atomic E-state index is -3.68. The van der Waals surface area contributed by atoms with Crippen molar-refractivity contribution in [3.05, 3.63) is 71.9 Å². The molecule has 0 aliphatic heterocycles. The predicted molar refractivity (Wildman–Crippen MR) is 106 cm³/mol. The molecule has 8 nitrogen and oxygen atoms in total. The van der Waals surface area contributed by atoms with Gasteiger partial charge in [-0.3, -0.25) is 0 Å². The maximum Gasteiger partial charge on any atom is 0.238 e. The minimum absolute atomic E-state index is 0.0896. The molecule has 0 aliphatic rings. The molecule has 0 saturated heterocycles. The third-order valence-electron chi connectivity index (χ3n) is 3.87. The standard InChI is InChI=1S/C19H18N6O2S/c20-13-15-2-1-3-16(12-15)24-18-9-11-23-19(25-18)22-10-8-14-4-6-17(7-5-14)28(21,26)27/h1-7,9,11-12H,8,10H2,(H2,21,26,27)(H2,22,23,24,25). The predicted octanol–water partition coefficient (Wildman–Crippen LogP) is 2.39. The van der Waals surface area contributed by atoms with E-state index in [1.807, 2.05) is 6.07 Å². The van der Waals surface area contributed by atoms with Crippen LogP contribution in [-0.2, 0) is 16.4 Å². The van der Waals surface area contributed by atoms with E-state index in [2.05, 4.69) is 26.7 Å². The highest BCUT2D eigenvalue weighted by molar-refractivity contribution is 7.89. The number of hydrogen-bond acceptors (Lipinski definition) is 7. The van der Waals surface area contributed by atoms with Crippen molar-refractivity contribution in [1.82, 2.24) is 9.97 Å². The van der Waals surface area contributed by atoms with E-state index in [9.17, 15) is 8.42 Å². The van der Waals surface area contributed by atoms with Crippen LogP contribution in [0.5, 0.6) is 0 Å². The van der Waals surface area contributed by atoms with Crippen LogP contribution >= 0.6 is 0 Å². The molecule has 1 heterocycles. The fraction of sp³-hybridized carbons (Fsp3) is 0.105. The molecule has 2 aromatic carbocycles. The number of nitrogens with one attached hydrogen (secondary N) is 2. The van der Waals surface area contributed by atoms with E-state index in [0.29, 0.717) is 30.3 Å². The normalized spacial score (nSPS) is 10.9. The topological polar surface area (TPSA) is 134 Å². The fourth-order valence-electron chi connectivity index (χ4n) is 2.49. The van der Waals surface area contributed by atoms with Crippen molar-refractivity contribution in [3.63, 3.8) is 0 Å². The molecular formula is C19H18N6O2S. The third-order valence-corrected chi connectivity index (χ3v) is 4.80. The van der Waals surface area contributed by atoms with Crippen molar-refractivity contribution >= 4 is 27.5 Å². The summed E-state index contributed by atoms with van der Waals surface area (Å²) in [6.07, 6.45) is 2.29. The molecule has 9 heteroatoms. The molecule has 28 heavy (non-hydrogen) atoms. The van der Waals surface area contributed by atoms with E-state index in [-0.39, 0.29) is 4.90 Å². The summed E-state index contributed by atoms with van der Waals surface area (Å²) < 4.78 is 22.5. The second-order valence-corrected chi connectivity index (χ2v) is 7.51. The molecule has 4 N–H and O–H groups in total. The molecule has 0 fully saturated rings. The summed E-state index contributed by atoms with van der Waals surface area (Å²) in [5.41, 5.74) is 2.28. The van der Waals surface area contributed by atoms with Gasteiger partial charge in [-0.1, -0.05) is 18.2 Å². The lowest BCUT2D eigenvalue weighted by atomic mass is 10.1. The van der Waals surface area contributed by atoms with Crippen LogP contribution in [0.3, 0.4) is 0 Å². The average Bonchev–Trinajstić information content (AvgIpc) is 2.68. The molecule has 0 aliphatic carbocycles. The van der Waals surface area contributed by atoms with Gasteiger partial charge >= 0.3 is 0 Å². The summed E-state index contributed by atoms with van der Waals surface area (Å²) in [6, 6.07) is 17.4. The molecule has 0 spiro atoms. The van der Waals surface area contributed by atoms with E-state index in [0.717, 1.165) is 11.3 Å². The van der Waals surface area contributed by atoms with Gasteiger partial charge in [0.2, 0.25) is 16.0 Å². The average molecular weight is 394 g/mol. The van der Waals surface area contributed by atoms with Gasteiger partial charge in [-0.15, -0.1) is 0 Å². The Morgan fingerprint density at radius 3 is 2.61 bits per heavy atom. The van der Waals surface area contributed by atoms with Crippen molar-refractivity contribution in [2.75, 3.05) is 17.2 Å². The fourth-order valence-corrected chi connectivity index (χ4v) is 3.01. The zero-order valence-corrected chi connectivity index (χ0v) is 15.6. The van der Waals surface area contributed by atoms with Gasteiger partial charge in [-0.25, -0.2) is 18.5 Å². The van der Waals surface area contributed by atoms with Crippen molar-refractivity contribution in [2.45, 2.75) is 11.3 Å². The number of rotatable bonds is 7. The maximum absolute atomic E-state index is 11.3. The van der Waals surface area contributed by atoms with Crippen LogP contribution < -0.4 is 15.8 Å². The van der Waals surface area contributed by atoms with Crippen molar-refractivity contribution in [2.24, 2.45) is 5.14 Å². The van der Waals surface area contributed by atoms with Crippen molar-refractivity contribution in [1.29, 1.82) is 5.26 Å². The highest BCUT2D eigenvalue weighted by atomic mass is 32.2. The van der Waals surface area contributed by atoms with Gasteiger partial charge in [0.15, 0.2) is 0 Å². The molecule has 0 bridgehead atoms. The molecule has 3 rings (SSSR count). The lowest BCUT2D eigenvalue weighted by molar-refractivity contribution is 0.598. The number of hydrogen-bond donors (Lipinski definition) is 3. The summed E-state index contributed by atoms with van der Waals surface area (Å²) in [4.78, 5) is 8.66. The molecule has 0 unspecified atom stereocenters. The molecule has 0 atom stereocenters. The first-order chi connectivity index (χ1) is 13.4. The number of sulfonamides is 1. The smallest absolute Gasteiger partial charge is 0.238 e. The van der Waals surface area contributed by atoms with Crippen LogP contribution in [-0.4, -0.2) is 24.9 Å². The number of nitrogens with two attached hydrogens (primary N) is 1. The molecule has 0 radical (unpaired) electrons. The molecule has 142 valence electrons. The largest absolute Gasteiger partial charge is 0.354 e. The SMILES string of the molecule is N#Cc1cccc(Nc2ccnc(NCCc3ccc(S(N)(=O)=O)cc3)n2)c1. The minimum Gasteiger partial charge on any atom is -0.354 e. The monoisotopic (exact) mass is 394 g/mol. The quantitative estimate of drug-likeness (QED) is 0.560. The zero-order valence-electron chi connectivity index (χ0n) is 14.8. The highest BCUT2D eigenvalue weighted by Crippen LogP contribution is 2.16. The Morgan fingerprint density at radius 1 is 1.11 bits per heavy atom. The summed E-state index contributed by atoms with van der Waals surface area (Å²) >= 11 is 0. The third kappa shape index (κ3) is 5.26. The Morgan fingerprint density at radius 2 is 1.89 bits per heavy atom. The second kappa shape index (κ2) is 8.47. The van der Waals surface area contributed by atoms with Gasteiger partial charge in [0.1, 0.15) is 5.82 Å². The van der Waals surface area contributed by atoms with Gasteiger partial charge in [0.05, 0.1) is 16.5 Å². The summed E-state index contributed by atoms with van der Waals surface area (Å²) in [5.74, 6) is 1.06. The zero-order chi connectivity index (χ0) is 20.0. The van der Waals surface area contributed by atoms with E-state index in [1.165, 1.54) is 12.1 Å². The van der Waals surface area contributed by atoms with E-state index in [1.54, 1.807) is 42.6 Å². The number of nitrogens with zero attached hydrogens (tertiary/aromatic N) is 3. The molecule has 3 aromatic rings. The van der Waals surface area contributed by atoms with Crippen molar-refractivity contribution < 1.29 is 8.42 Å². The molecular weight excluding hydrogens is 376 g/mol. The number of anilines is 3. The molecule has 0 amide bonds. The van der Waals surface area contributed by atoms with Crippen LogP contribution in [0.1, 0.15) is 11.1 Å². The van der Waals surface area contributed by atoms with Gasteiger partial charge in [0.25, 0.3) is 0 Å². The Kier molecular flexibility index (Phi) is 5.84. The first-order valence-electron chi connectivity index (χ1n) is 8.40. The van der Waals surface area contributed by atoms with Gasteiger partial charge in [-0.05, 0) is 48.4 Å². The van der Waals surface area contributed by atoms with Gasteiger partial charge in [0, 0.05) is 18.4 Å². The second-order valence-electron chi connectivity index (χ2n) is 5.95. The summed E-state index contributed by atoms with van der Waals surface area (Å²) in [6.45, 7) is 0.572. The Bertz CT molecular complexity index is 1110. The number of nitriles is 1. The van der Waals surface area contributed by atoms with Crippen LogP contribution in [0.2, 0.25) is 0 Å². The number of benzene rings is 2. The first kappa shape index (κ1) is 19.3. The van der Waals surface area contributed by atoms with Crippen LogP contribution in [0, 0.1) is 11.3 Å². The summed E-state index contributed by atoms with van der Waals surface area (Å²) in [7, 11) is -3.68. The maximum atomic E-state index is 11.3. The van der Waals surface area contributed by atoms with E-state index < -0.39 is 10.0 Å².